The van der Waals surface area contributed by atoms with E-state index in [0.29, 0.717) is 30.3 Å². The fourth-order valence-electron chi connectivity index (χ4n) is 5.13. The second kappa shape index (κ2) is 6.80. The molecular weight excluding hydrogens is 380 g/mol. The van der Waals surface area contributed by atoms with E-state index in [1.165, 1.54) is 12.8 Å². The Morgan fingerprint density at radius 3 is 2.72 bits per heavy atom. The van der Waals surface area contributed by atoms with Gasteiger partial charge in [-0.2, -0.15) is 0 Å². The highest BCUT2D eigenvalue weighted by Crippen LogP contribution is 2.40. The molecule has 1 amide bonds. The molecule has 0 radical (unpaired) electrons. The molecule has 2 saturated heterocycles. The number of piperidine rings is 2. The number of carbonyl (C=O) groups is 1. The number of para-hydroxylation sites is 1. The maximum atomic E-state index is 12.5. The predicted molar refractivity (Wildman–Crippen MR) is 116 cm³/mol. The molecule has 6 rings (SSSR count). The third-order valence-electron chi connectivity index (χ3n) is 6.63. The standard InChI is InChI=1S/C23H24N4OS/c28-21-10-7-15-14-26(12-11-19(15)27(21)16-8-9-16)23-17-4-1-2-5-18(17)24-22(25-23)20-6-3-13-29-20/h1-6,13,15-16,19H,7-12,14H2/t15-,19+/m0/s1. The monoisotopic (exact) mass is 404 g/mol. The first-order chi connectivity index (χ1) is 14.3. The molecule has 2 atom stereocenters. The van der Waals surface area contributed by atoms with Gasteiger partial charge in [0.2, 0.25) is 5.91 Å². The highest BCUT2D eigenvalue weighted by molar-refractivity contribution is 7.13. The molecule has 2 aliphatic heterocycles. The van der Waals surface area contributed by atoms with Gasteiger partial charge in [0.05, 0.1) is 10.4 Å². The van der Waals surface area contributed by atoms with Gasteiger partial charge in [-0.15, -0.1) is 11.3 Å². The number of thiophene rings is 1. The lowest BCUT2D eigenvalue weighted by molar-refractivity contribution is -0.140. The summed E-state index contributed by atoms with van der Waals surface area (Å²) >= 11 is 1.68. The van der Waals surface area contributed by atoms with Crippen molar-refractivity contribution in [1.29, 1.82) is 0 Å². The fraction of sp³-hybridized carbons (Fsp3) is 0.435. The van der Waals surface area contributed by atoms with Gasteiger partial charge in [0, 0.05) is 37.0 Å². The van der Waals surface area contributed by atoms with Crippen molar-refractivity contribution < 1.29 is 4.79 Å². The Labute approximate surface area is 174 Å². The highest BCUT2D eigenvalue weighted by Gasteiger charge is 2.45. The summed E-state index contributed by atoms with van der Waals surface area (Å²) in [5.74, 6) is 2.79. The van der Waals surface area contributed by atoms with Crippen molar-refractivity contribution in [2.45, 2.75) is 44.2 Å². The maximum Gasteiger partial charge on any atom is 0.223 e. The highest BCUT2D eigenvalue weighted by atomic mass is 32.1. The fourth-order valence-corrected chi connectivity index (χ4v) is 5.79. The molecule has 3 fully saturated rings. The number of carbonyl (C=O) groups excluding carboxylic acids is 1. The molecule has 0 unspecified atom stereocenters. The zero-order chi connectivity index (χ0) is 19.4. The summed E-state index contributed by atoms with van der Waals surface area (Å²) in [5.41, 5.74) is 1.00. The summed E-state index contributed by atoms with van der Waals surface area (Å²) < 4.78 is 0. The molecule has 148 valence electrons. The normalized spacial score (nSPS) is 24.8. The number of nitrogens with zero attached hydrogens (tertiary/aromatic N) is 4. The Bertz CT molecular complexity index is 1060. The first-order valence-electron chi connectivity index (χ1n) is 10.6. The van der Waals surface area contributed by atoms with Crippen LogP contribution in [0.2, 0.25) is 0 Å². The summed E-state index contributed by atoms with van der Waals surface area (Å²) in [5, 5.41) is 3.20. The summed E-state index contributed by atoms with van der Waals surface area (Å²) in [4.78, 5) is 28.2. The predicted octanol–water partition coefficient (Wildman–Crippen LogP) is 4.34. The summed E-state index contributed by atoms with van der Waals surface area (Å²) in [6, 6.07) is 13.4. The van der Waals surface area contributed by atoms with Crippen molar-refractivity contribution in [2.75, 3.05) is 18.0 Å². The number of amides is 1. The van der Waals surface area contributed by atoms with Gasteiger partial charge >= 0.3 is 0 Å². The number of hydrogen-bond acceptors (Lipinski definition) is 5. The summed E-state index contributed by atoms with van der Waals surface area (Å²) in [6.07, 6.45) is 5.14. The van der Waals surface area contributed by atoms with E-state index in [0.717, 1.165) is 53.4 Å². The molecule has 4 heterocycles. The van der Waals surface area contributed by atoms with Crippen LogP contribution in [0, 0.1) is 5.92 Å². The first kappa shape index (κ1) is 17.4. The number of rotatable bonds is 3. The van der Waals surface area contributed by atoms with Crippen molar-refractivity contribution >= 4 is 34.0 Å². The largest absolute Gasteiger partial charge is 0.356 e. The van der Waals surface area contributed by atoms with Gasteiger partial charge in [0.25, 0.3) is 0 Å². The average molecular weight is 405 g/mol. The third kappa shape index (κ3) is 3.01. The number of likely N-dealkylation sites (tertiary alicyclic amines) is 1. The number of anilines is 1. The lowest BCUT2D eigenvalue weighted by Gasteiger charge is -2.47. The van der Waals surface area contributed by atoms with Crippen LogP contribution in [0.5, 0.6) is 0 Å². The van der Waals surface area contributed by atoms with Crippen molar-refractivity contribution in [3.05, 3.63) is 41.8 Å². The zero-order valence-electron chi connectivity index (χ0n) is 16.3. The molecule has 1 aliphatic carbocycles. The van der Waals surface area contributed by atoms with Crippen LogP contribution in [0.4, 0.5) is 5.82 Å². The molecule has 3 aromatic rings. The van der Waals surface area contributed by atoms with Gasteiger partial charge in [0.15, 0.2) is 5.82 Å². The van der Waals surface area contributed by atoms with E-state index in [-0.39, 0.29) is 0 Å². The Hall–Kier alpha value is -2.47. The molecule has 2 aromatic heterocycles. The first-order valence-corrected chi connectivity index (χ1v) is 11.5. The van der Waals surface area contributed by atoms with Crippen LogP contribution in [-0.4, -0.2) is 45.9 Å². The lowest BCUT2D eigenvalue weighted by atomic mass is 9.83. The van der Waals surface area contributed by atoms with Crippen LogP contribution in [0.15, 0.2) is 41.8 Å². The van der Waals surface area contributed by atoms with Crippen LogP contribution in [0.3, 0.4) is 0 Å². The minimum Gasteiger partial charge on any atom is -0.356 e. The van der Waals surface area contributed by atoms with Gasteiger partial charge in [-0.3, -0.25) is 4.79 Å². The molecule has 1 saturated carbocycles. The van der Waals surface area contributed by atoms with Crippen molar-refractivity contribution in [3.8, 4) is 10.7 Å². The van der Waals surface area contributed by atoms with E-state index in [1.54, 1.807) is 11.3 Å². The number of benzene rings is 1. The Kier molecular flexibility index (Phi) is 4.08. The van der Waals surface area contributed by atoms with Crippen LogP contribution < -0.4 is 4.90 Å². The second-order valence-corrected chi connectivity index (χ2v) is 9.45. The van der Waals surface area contributed by atoms with Crippen molar-refractivity contribution in [1.82, 2.24) is 14.9 Å². The van der Waals surface area contributed by atoms with Crippen molar-refractivity contribution in [3.63, 3.8) is 0 Å². The summed E-state index contributed by atoms with van der Waals surface area (Å²) in [7, 11) is 0. The molecule has 6 heteroatoms. The maximum absolute atomic E-state index is 12.5. The lowest BCUT2D eigenvalue weighted by Crippen LogP contribution is -2.56. The molecule has 1 aromatic carbocycles. The number of aromatic nitrogens is 2. The van der Waals surface area contributed by atoms with E-state index in [4.69, 9.17) is 9.97 Å². The zero-order valence-corrected chi connectivity index (χ0v) is 17.1. The van der Waals surface area contributed by atoms with Gasteiger partial charge in [0.1, 0.15) is 5.82 Å². The van der Waals surface area contributed by atoms with E-state index < -0.39 is 0 Å². The van der Waals surface area contributed by atoms with Gasteiger partial charge in [-0.25, -0.2) is 9.97 Å². The van der Waals surface area contributed by atoms with Crippen LogP contribution >= 0.6 is 11.3 Å². The Balaban J connectivity index is 1.36. The molecule has 0 spiro atoms. The molecule has 5 nitrogen and oxygen atoms in total. The Morgan fingerprint density at radius 1 is 1.00 bits per heavy atom. The van der Waals surface area contributed by atoms with E-state index in [1.807, 2.05) is 6.07 Å². The molecule has 0 N–H and O–H groups in total. The quantitative estimate of drug-likeness (QED) is 0.652. The number of hydrogen-bond donors (Lipinski definition) is 0. The molecule has 29 heavy (non-hydrogen) atoms. The van der Waals surface area contributed by atoms with Gasteiger partial charge in [-0.05, 0) is 55.2 Å². The SMILES string of the molecule is O=C1CC[C@H]2CN(c3nc(-c4cccs4)nc4ccccc34)CC[C@H]2N1C1CC1. The molecular formula is C23H24N4OS. The molecule has 0 bridgehead atoms. The van der Waals surface area contributed by atoms with Crippen LogP contribution in [0.1, 0.15) is 32.1 Å². The minimum atomic E-state index is 0.384. The summed E-state index contributed by atoms with van der Waals surface area (Å²) in [6.45, 7) is 1.93. The van der Waals surface area contributed by atoms with E-state index >= 15 is 0 Å². The van der Waals surface area contributed by atoms with Gasteiger partial charge in [-0.1, -0.05) is 18.2 Å². The van der Waals surface area contributed by atoms with Gasteiger partial charge < -0.3 is 9.80 Å². The van der Waals surface area contributed by atoms with Crippen LogP contribution in [-0.2, 0) is 4.79 Å². The van der Waals surface area contributed by atoms with Crippen molar-refractivity contribution in [2.24, 2.45) is 5.92 Å². The second-order valence-electron chi connectivity index (χ2n) is 8.50. The molecule has 3 aliphatic rings. The van der Waals surface area contributed by atoms with Crippen LogP contribution in [0.25, 0.3) is 21.6 Å². The average Bonchev–Trinajstić information content (AvgIpc) is 3.44. The Morgan fingerprint density at radius 2 is 1.90 bits per heavy atom. The number of fused-ring (bicyclic) bond motifs is 2. The van der Waals surface area contributed by atoms with E-state index in [9.17, 15) is 4.79 Å². The van der Waals surface area contributed by atoms with E-state index in [2.05, 4.69) is 45.5 Å². The third-order valence-corrected chi connectivity index (χ3v) is 7.50. The smallest absolute Gasteiger partial charge is 0.223 e. The topological polar surface area (TPSA) is 49.3 Å². The minimum absolute atomic E-state index is 0.384.